The molecule has 2 atom stereocenters. The van der Waals surface area contributed by atoms with Crippen LogP contribution in [0.5, 0.6) is 0 Å². The Hall–Kier alpha value is -0.160. The molecular weight excluding hydrogens is 466 g/mol. The maximum Gasteiger partial charge on any atom is 0.0593 e. The van der Waals surface area contributed by atoms with E-state index in [2.05, 4.69) is 77.0 Å². The third-order valence-corrected chi connectivity index (χ3v) is 10.1. The second kappa shape index (κ2) is 18.3. The summed E-state index contributed by atoms with van der Waals surface area (Å²) in [5.41, 5.74) is 0. The second-order valence-electron chi connectivity index (χ2n) is 14.6. The van der Waals surface area contributed by atoms with Crippen LogP contribution in [0, 0.1) is 41.4 Å². The van der Waals surface area contributed by atoms with E-state index in [1.807, 2.05) is 0 Å². The van der Waals surface area contributed by atoms with Crippen LogP contribution < -0.4 is 0 Å². The molecular formula is C34H69N3O. The van der Waals surface area contributed by atoms with Crippen molar-refractivity contribution in [1.29, 1.82) is 0 Å². The zero-order valence-corrected chi connectivity index (χ0v) is 27.4. The van der Waals surface area contributed by atoms with E-state index in [0.29, 0.717) is 0 Å². The summed E-state index contributed by atoms with van der Waals surface area (Å²) in [5, 5.41) is 0. The molecule has 0 saturated carbocycles. The summed E-state index contributed by atoms with van der Waals surface area (Å²) < 4.78 is 5.72. The van der Waals surface area contributed by atoms with Gasteiger partial charge in [-0.15, -0.1) is 0 Å². The molecule has 0 unspecified atom stereocenters. The Morgan fingerprint density at radius 2 is 1.24 bits per heavy atom. The lowest BCUT2D eigenvalue weighted by molar-refractivity contribution is 0.0632. The van der Waals surface area contributed by atoms with Gasteiger partial charge in [0, 0.05) is 32.3 Å². The fourth-order valence-electron chi connectivity index (χ4n) is 6.83. The zero-order chi connectivity index (χ0) is 28.1. The third-order valence-electron chi connectivity index (χ3n) is 10.1. The molecule has 0 radical (unpaired) electrons. The van der Waals surface area contributed by atoms with E-state index < -0.39 is 0 Å². The largest absolute Gasteiger partial charge is 0.380 e. The van der Waals surface area contributed by atoms with Crippen molar-refractivity contribution in [2.24, 2.45) is 41.4 Å². The Morgan fingerprint density at radius 3 is 1.71 bits per heavy atom. The smallest absolute Gasteiger partial charge is 0.0593 e. The normalized spacial score (nSPS) is 25.5. The predicted octanol–water partition coefficient (Wildman–Crippen LogP) is 7.53. The van der Waals surface area contributed by atoms with Crippen molar-refractivity contribution in [3.8, 4) is 0 Å². The van der Waals surface area contributed by atoms with E-state index in [9.17, 15) is 0 Å². The summed E-state index contributed by atoms with van der Waals surface area (Å²) in [4.78, 5) is 7.98. The van der Waals surface area contributed by atoms with E-state index in [-0.39, 0.29) is 0 Å². The van der Waals surface area contributed by atoms with Crippen molar-refractivity contribution in [1.82, 2.24) is 14.7 Å². The van der Waals surface area contributed by atoms with Gasteiger partial charge in [-0.05, 0) is 133 Å². The number of piperidine rings is 3. The fourth-order valence-corrected chi connectivity index (χ4v) is 6.83. The maximum atomic E-state index is 5.72. The molecule has 0 N–H and O–H groups in total. The number of ether oxygens (including phenoxy) is 1. The third kappa shape index (κ3) is 13.0. The zero-order valence-electron chi connectivity index (χ0n) is 27.4. The number of nitrogens with zero attached hydrogens (tertiary/aromatic N) is 3. The monoisotopic (exact) mass is 536 g/mol. The van der Waals surface area contributed by atoms with Crippen LogP contribution in [-0.4, -0.2) is 86.3 Å². The van der Waals surface area contributed by atoms with Crippen LogP contribution in [0.4, 0.5) is 0 Å². The molecule has 0 bridgehead atoms. The van der Waals surface area contributed by atoms with Crippen molar-refractivity contribution in [3.05, 3.63) is 0 Å². The van der Waals surface area contributed by atoms with Crippen LogP contribution in [0.25, 0.3) is 0 Å². The van der Waals surface area contributed by atoms with Gasteiger partial charge in [-0.25, -0.2) is 0 Å². The van der Waals surface area contributed by atoms with Crippen molar-refractivity contribution < 1.29 is 4.74 Å². The molecule has 3 saturated heterocycles. The summed E-state index contributed by atoms with van der Waals surface area (Å²) in [6.45, 7) is 33.4. The van der Waals surface area contributed by atoms with Crippen LogP contribution in [0.2, 0.25) is 0 Å². The summed E-state index contributed by atoms with van der Waals surface area (Å²) in [6, 6.07) is 0.722. The molecule has 38 heavy (non-hydrogen) atoms. The first kappa shape index (κ1) is 34.0. The average molecular weight is 536 g/mol. The van der Waals surface area contributed by atoms with Crippen molar-refractivity contribution in [2.75, 3.05) is 65.6 Å². The molecule has 3 aliphatic heterocycles. The van der Waals surface area contributed by atoms with Crippen LogP contribution >= 0.6 is 0 Å². The minimum absolute atomic E-state index is 0.722. The molecule has 4 nitrogen and oxygen atoms in total. The summed E-state index contributed by atoms with van der Waals surface area (Å²) in [7, 11) is 0. The molecule has 0 aromatic heterocycles. The second-order valence-corrected chi connectivity index (χ2v) is 14.6. The number of hydrogen-bond acceptors (Lipinski definition) is 4. The standard InChI is InChI=1S/C18H36N2.C16H33NO/c1-14(2)17-6-9-19(10-7-17)13-18-8-11-20(15(3)4)12-16(18)5;1-14(2)6-5-12-18-13-11-17-9-7-16(8-10-17)15(3)4/h14-18H,6-13H2,1-5H3;14-16H,5-13H2,1-4H3/t16-,18-;/m1./s1. The quantitative estimate of drug-likeness (QED) is 0.240. The SMILES string of the molecule is CC(C)C1CCN(C[C@H]2CCN(C(C)C)C[C@H]2C)CC1.CC(C)CCCOCCN1CCC(C(C)C)CC1. The summed E-state index contributed by atoms with van der Waals surface area (Å²) in [5.74, 6) is 6.28. The Bertz CT molecular complexity index is 576. The molecule has 3 fully saturated rings. The topological polar surface area (TPSA) is 19.0 Å². The highest BCUT2D eigenvalue weighted by Gasteiger charge is 2.30. The van der Waals surface area contributed by atoms with Gasteiger partial charge in [0.25, 0.3) is 0 Å². The number of likely N-dealkylation sites (tertiary alicyclic amines) is 3. The Morgan fingerprint density at radius 1 is 0.684 bits per heavy atom. The lowest BCUT2D eigenvalue weighted by Crippen LogP contribution is -2.47. The molecule has 0 spiro atoms. The van der Waals surface area contributed by atoms with Crippen LogP contribution in [0.15, 0.2) is 0 Å². The van der Waals surface area contributed by atoms with E-state index >= 15 is 0 Å². The van der Waals surface area contributed by atoms with E-state index in [4.69, 9.17) is 4.74 Å². The van der Waals surface area contributed by atoms with Gasteiger partial charge in [-0.3, -0.25) is 0 Å². The summed E-state index contributed by atoms with van der Waals surface area (Å²) in [6.07, 6.45) is 9.53. The van der Waals surface area contributed by atoms with Gasteiger partial charge in [-0.1, -0.05) is 48.5 Å². The molecule has 4 heteroatoms. The highest BCUT2D eigenvalue weighted by Crippen LogP contribution is 2.29. The molecule has 3 rings (SSSR count). The molecule has 3 heterocycles. The predicted molar refractivity (Wildman–Crippen MR) is 167 cm³/mol. The minimum Gasteiger partial charge on any atom is -0.380 e. The van der Waals surface area contributed by atoms with E-state index in [0.717, 1.165) is 67.2 Å². The Kier molecular flexibility index (Phi) is 16.4. The molecule has 0 aromatic carbocycles. The first-order chi connectivity index (χ1) is 18.1. The number of rotatable bonds is 12. The molecule has 0 amide bonds. The van der Waals surface area contributed by atoms with Crippen LogP contribution in [-0.2, 0) is 4.74 Å². The van der Waals surface area contributed by atoms with Gasteiger partial charge in [0.15, 0.2) is 0 Å². The highest BCUT2D eigenvalue weighted by molar-refractivity contribution is 4.83. The number of hydrogen-bond donors (Lipinski definition) is 0. The van der Waals surface area contributed by atoms with Gasteiger partial charge in [-0.2, -0.15) is 0 Å². The van der Waals surface area contributed by atoms with Gasteiger partial charge < -0.3 is 19.4 Å². The molecule has 226 valence electrons. The lowest BCUT2D eigenvalue weighted by Gasteiger charge is -2.42. The average Bonchev–Trinajstić information content (AvgIpc) is 2.88. The molecule has 3 aliphatic rings. The van der Waals surface area contributed by atoms with E-state index in [1.54, 1.807) is 0 Å². The van der Waals surface area contributed by atoms with E-state index in [1.165, 1.54) is 90.8 Å². The van der Waals surface area contributed by atoms with Gasteiger partial charge >= 0.3 is 0 Å². The molecule has 0 aliphatic carbocycles. The minimum atomic E-state index is 0.722. The highest BCUT2D eigenvalue weighted by atomic mass is 16.5. The fraction of sp³-hybridized carbons (Fsp3) is 1.00. The van der Waals surface area contributed by atoms with Crippen LogP contribution in [0.1, 0.15) is 107 Å². The Balaban J connectivity index is 0.000000269. The molecule has 0 aromatic rings. The maximum absolute atomic E-state index is 5.72. The van der Waals surface area contributed by atoms with Gasteiger partial charge in [0.2, 0.25) is 0 Å². The van der Waals surface area contributed by atoms with Crippen molar-refractivity contribution in [2.45, 2.75) is 113 Å². The van der Waals surface area contributed by atoms with Crippen molar-refractivity contribution >= 4 is 0 Å². The van der Waals surface area contributed by atoms with Gasteiger partial charge in [0.05, 0.1) is 6.61 Å². The van der Waals surface area contributed by atoms with Gasteiger partial charge in [0.1, 0.15) is 0 Å². The van der Waals surface area contributed by atoms with Crippen molar-refractivity contribution in [3.63, 3.8) is 0 Å². The summed E-state index contributed by atoms with van der Waals surface area (Å²) >= 11 is 0. The first-order valence-electron chi connectivity index (χ1n) is 16.8. The lowest BCUT2D eigenvalue weighted by atomic mass is 9.83. The van der Waals surface area contributed by atoms with Crippen LogP contribution in [0.3, 0.4) is 0 Å². The Labute approximate surface area is 239 Å². The first-order valence-corrected chi connectivity index (χ1v) is 16.8.